The maximum absolute atomic E-state index is 6.18. The van der Waals surface area contributed by atoms with E-state index in [2.05, 4.69) is 36.8 Å². The van der Waals surface area contributed by atoms with Gasteiger partial charge in [-0.15, -0.1) is 0 Å². The topological polar surface area (TPSA) is 35.0 Å². The zero-order valence-electron chi connectivity index (χ0n) is 15.8. The highest BCUT2D eigenvalue weighted by atomic mass is 35.5. The maximum atomic E-state index is 6.18. The Balaban J connectivity index is 1.85. The lowest BCUT2D eigenvalue weighted by Crippen LogP contribution is -2.12. The zero-order chi connectivity index (χ0) is 18.7. The molecule has 0 aliphatic rings. The van der Waals surface area contributed by atoms with Gasteiger partial charge in [-0.3, -0.25) is 4.98 Å². The van der Waals surface area contributed by atoms with Gasteiger partial charge < -0.3 is 4.74 Å². The lowest BCUT2D eigenvalue weighted by molar-refractivity contribution is 0.230. The molecule has 0 N–H and O–H groups in total. The normalized spacial score (nSPS) is 12.5. The Morgan fingerprint density at radius 2 is 1.88 bits per heavy atom. The van der Waals surface area contributed by atoms with Crippen molar-refractivity contribution < 1.29 is 4.74 Å². The van der Waals surface area contributed by atoms with Crippen LogP contribution >= 0.6 is 11.6 Å². The SMILES string of the molecule is Cc1cc(-c2ccnc3ccc(Cl)cc23)cnc1OC[C@@H](C)CC(C)C. The number of hydrogen-bond acceptors (Lipinski definition) is 3. The molecular weight excluding hydrogens is 344 g/mol. The predicted molar refractivity (Wildman–Crippen MR) is 109 cm³/mol. The third-order valence-corrected chi connectivity index (χ3v) is 4.66. The predicted octanol–water partition coefficient (Wildman–Crippen LogP) is 6.32. The van der Waals surface area contributed by atoms with Crippen LogP contribution in [0.5, 0.6) is 5.88 Å². The second kappa shape index (κ2) is 8.05. The van der Waals surface area contributed by atoms with Gasteiger partial charge in [0.25, 0.3) is 0 Å². The van der Waals surface area contributed by atoms with Crippen LogP contribution in [0, 0.1) is 18.8 Å². The van der Waals surface area contributed by atoms with Crippen molar-refractivity contribution in [3.05, 3.63) is 53.3 Å². The molecule has 0 radical (unpaired) electrons. The van der Waals surface area contributed by atoms with Crippen molar-refractivity contribution in [2.75, 3.05) is 6.61 Å². The third-order valence-electron chi connectivity index (χ3n) is 4.42. The Kier molecular flexibility index (Phi) is 5.77. The average molecular weight is 369 g/mol. The van der Waals surface area contributed by atoms with Crippen LogP contribution in [-0.4, -0.2) is 16.6 Å². The van der Waals surface area contributed by atoms with E-state index in [1.807, 2.05) is 43.6 Å². The number of halogens is 1. The molecule has 26 heavy (non-hydrogen) atoms. The minimum absolute atomic E-state index is 0.516. The zero-order valence-corrected chi connectivity index (χ0v) is 16.5. The van der Waals surface area contributed by atoms with Gasteiger partial charge in [0.15, 0.2) is 0 Å². The van der Waals surface area contributed by atoms with Gasteiger partial charge in [0.05, 0.1) is 12.1 Å². The van der Waals surface area contributed by atoms with Gasteiger partial charge in [0.2, 0.25) is 5.88 Å². The van der Waals surface area contributed by atoms with Crippen LogP contribution in [0.2, 0.25) is 5.02 Å². The molecule has 0 amide bonds. The van der Waals surface area contributed by atoms with Crippen LogP contribution in [0.4, 0.5) is 0 Å². The molecule has 2 heterocycles. The Labute approximate surface area is 160 Å². The number of pyridine rings is 2. The fourth-order valence-electron chi connectivity index (χ4n) is 3.32. The van der Waals surface area contributed by atoms with Gasteiger partial charge >= 0.3 is 0 Å². The maximum Gasteiger partial charge on any atom is 0.216 e. The van der Waals surface area contributed by atoms with Gasteiger partial charge in [-0.05, 0) is 61.1 Å². The number of ether oxygens (including phenoxy) is 1. The smallest absolute Gasteiger partial charge is 0.216 e. The lowest BCUT2D eigenvalue weighted by atomic mass is 10.00. The number of hydrogen-bond donors (Lipinski definition) is 0. The number of nitrogens with zero attached hydrogens (tertiary/aromatic N) is 2. The number of aromatic nitrogens is 2. The van der Waals surface area contributed by atoms with Gasteiger partial charge in [0, 0.05) is 33.9 Å². The first kappa shape index (κ1) is 18.7. The molecule has 0 spiro atoms. The molecule has 4 heteroatoms. The summed E-state index contributed by atoms with van der Waals surface area (Å²) in [7, 11) is 0. The van der Waals surface area contributed by atoms with E-state index in [9.17, 15) is 0 Å². The summed E-state index contributed by atoms with van der Waals surface area (Å²) in [5, 5.41) is 1.73. The Hall–Kier alpha value is -2.13. The van der Waals surface area contributed by atoms with E-state index in [1.165, 1.54) is 0 Å². The van der Waals surface area contributed by atoms with Crippen LogP contribution in [0.25, 0.3) is 22.0 Å². The Morgan fingerprint density at radius 3 is 2.62 bits per heavy atom. The first-order valence-electron chi connectivity index (χ1n) is 9.08. The summed E-state index contributed by atoms with van der Waals surface area (Å²) in [4.78, 5) is 8.98. The van der Waals surface area contributed by atoms with E-state index in [1.54, 1.807) is 0 Å². The summed E-state index contributed by atoms with van der Waals surface area (Å²) in [6, 6.07) is 9.87. The van der Waals surface area contributed by atoms with E-state index in [0.717, 1.165) is 34.0 Å². The van der Waals surface area contributed by atoms with Crippen LogP contribution < -0.4 is 4.74 Å². The lowest BCUT2D eigenvalue weighted by Gasteiger charge is -2.16. The molecule has 136 valence electrons. The highest BCUT2D eigenvalue weighted by molar-refractivity contribution is 6.31. The van der Waals surface area contributed by atoms with Gasteiger partial charge in [-0.25, -0.2) is 4.98 Å². The monoisotopic (exact) mass is 368 g/mol. The summed E-state index contributed by atoms with van der Waals surface area (Å²) in [6.45, 7) is 9.42. The van der Waals surface area contributed by atoms with Crippen molar-refractivity contribution in [3.63, 3.8) is 0 Å². The fraction of sp³-hybridized carbons (Fsp3) is 0.364. The summed E-state index contributed by atoms with van der Waals surface area (Å²) in [5.74, 6) is 1.90. The molecule has 3 aromatic rings. The molecular formula is C22H25ClN2O. The highest BCUT2D eigenvalue weighted by Crippen LogP contribution is 2.31. The molecule has 1 atom stereocenters. The summed E-state index contributed by atoms with van der Waals surface area (Å²) >= 11 is 6.18. The molecule has 0 bridgehead atoms. The number of rotatable bonds is 6. The van der Waals surface area contributed by atoms with Crippen molar-refractivity contribution in [1.29, 1.82) is 0 Å². The minimum Gasteiger partial charge on any atom is -0.477 e. The molecule has 0 saturated heterocycles. The molecule has 2 aromatic heterocycles. The van der Waals surface area contributed by atoms with Crippen LogP contribution in [0.15, 0.2) is 42.7 Å². The Morgan fingerprint density at radius 1 is 1.08 bits per heavy atom. The average Bonchev–Trinajstić information content (AvgIpc) is 2.59. The summed E-state index contributed by atoms with van der Waals surface area (Å²) in [6.07, 6.45) is 4.84. The van der Waals surface area contributed by atoms with Crippen molar-refractivity contribution in [2.24, 2.45) is 11.8 Å². The first-order valence-corrected chi connectivity index (χ1v) is 9.46. The second-order valence-corrected chi connectivity index (χ2v) is 7.85. The molecule has 1 aromatic carbocycles. The molecule has 3 rings (SSSR count). The van der Waals surface area contributed by atoms with Crippen molar-refractivity contribution in [3.8, 4) is 17.0 Å². The molecule has 3 nitrogen and oxygen atoms in total. The van der Waals surface area contributed by atoms with Crippen molar-refractivity contribution in [1.82, 2.24) is 9.97 Å². The quantitative estimate of drug-likeness (QED) is 0.510. The van der Waals surface area contributed by atoms with Gasteiger partial charge in [-0.1, -0.05) is 32.4 Å². The third kappa shape index (κ3) is 4.34. The van der Waals surface area contributed by atoms with E-state index < -0.39 is 0 Å². The molecule has 0 saturated carbocycles. The molecule has 0 aliphatic carbocycles. The van der Waals surface area contributed by atoms with Crippen LogP contribution in [0.3, 0.4) is 0 Å². The standard InChI is InChI=1S/C22H25ClN2O/c1-14(2)9-15(3)13-26-22-16(4)10-17(12-25-22)19-7-8-24-21-6-5-18(23)11-20(19)21/h5-8,10-12,14-15H,9,13H2,1-4H3/t15-/m0/s1. The van der Waals surface area contributed by atoms with Gasteiger partial charge in [-0.2, -0.15) is 0 Å². The fourth-order valence-corrected chi connectivity index (χ4v) is 3.50. The van der Waals surface area contributed by atoms with Gasteiger partial charge in [0.1, 0.15) is 0 Å². The second-order valence-electron chi connectivity index (χ2n) is 7.41. The van der Waals surface area contributed by atoms with E-state index in [0.29, 0.717) is 29.3 Å². The van der Waals surface area contributed by atoms with Crippen LogP contribution in [-0.2, 0) is 0 Å². The molecule has 0 unspecified atom stereocenters. The number of aryl methyl sites for hydroxylation is 1. The van der Waals surface area contributed by atoms with E-state index >= 15 is 0 Å². The number of fused-ring (bicyclic) bond motifs is 1. The highest BCUT2D eigenvalue weighted by Gasteiger charge is 2.11. The van der Waals surface area contributed by atoms with E-state index in [4.69, 9.17) is 16.3 Å². The molecule has 0 fully saturated rings. The van der Waals surface area contributed by atoms with E-state index in [-0.39, 0.29) is 0 Å². The first-order chi connectivity index (χ1) is 12.4. The van der Waals surface area contributed by atoms with Crippen molar-refractivity contribution in [2.45, 2.75) is 34.1 Å². The minimum atomic E-state index is 0.516. The molecule has 0 aliphatic heterocycles. The van der Waals surface area contributed by atoms with Crippen molar-refractivity contribution >= 4 is 22.5 Å². The summed E-state index contributed by atoms with van der Waals surface area (Å²) in [5.41, 5.74) is 4.08. The van der Waals surface area contributed by atoms with Crippen LogP contribution in [0.1, 0.15) is 32.8 Å². The Bertz CT molecular complexity index is 908. The summed E-state index contributed by atoms with van der Waals surface area (Å²) < 4.78 is 5.95. The largest absolute Gasteiger partial charge is 0.477 e. The number of benzene rings is 1.